The Hall–Kier alpha value is -0.290. The van der Waals surface area contributed by atoms with Crippen LogP contribution in [0.1, 0.15) is 27.2 Å². The van der Waals surface area contributed by atoms with Crippen LogP contribution >= 0.6 is 22.6 Å². The van der Waals surface area contributed by atoms with Crippen molar-refractivity contribution in [2.45, 2.75) is 39.3 Å². The fourth-order valence-corrected chi connectivity index (χ4v) is 2.91. The molecule has 1 aromatic rings. The first-order chi connectivity index (χ1) is 8.61. The lowest BCUT2D eigenvalue weighted by Gasteiger charge is -2.42. The smallest absolute Gasteiger partial charge is 0.0387 e. The van der Waals surface area contributed by atoms with Crippen LogP contribution in [0.4, 0.5) is 5.69 Å². The second kappa shape index (κ2) is 6.24. The molecular weight excluding hydrogens is 335 g/mol. The summed E-state index contributed by atoms with van der Waals surface area (Å²) in [5.74, 6) is 0.740. The molecule has 0 amide bonds. The highest BCUT2D eigenvalue weighted by Crippen LogP contribution is 2.23. The van der Waals surface area contributed by atoms with Crippen molar-refractivity contribution in [3.63, 3.8) is 0 Å². The van der Waals surface area contributed by atoms with E-state index in [-0.39, 0.29) is 0 Å². The maximum atomic E-state index is 3.69. The Morgan fingerprint density at radius 3 is 2.67 bits per heavy atom. The largest absolute Gasteiger partial charge is 0.366 e. The molecule has 2 rings (SSSR count). The second-order valence-corrected chi connectivity index (χ2v) is 6.62. The molecule has 0 spiro atoms. The van der Waals surface area contributed by atoms with Crippen LogP contribution in [0.5, 0.6) is 0 Å². The summed E-state index contributed by atoms with van der Waals surface area (Å²) in [5, 5.41) is 3.69. The van der Waals surface area contributed by atoms with Crippen molar-refractivity contribution in [1.29, 1.82) is 0 Å². The molecule has 0 radical (unpaired) electrons. The number of nitrogens with zero attached hydrogens (tertiary/aromatic N) is 1. The fourth-order valence-electron chi connectivity index (χ4n) is 2.55. The number of rotatable bonds is 3. The van der Waals surface area contributed by atoms with Crippen molar-refractivity contribution in [3.05, 3.63) is 27.8 Å². The van der Waals surface area contributed by atoms with Gasteiger partial charge in [-0.2, -0.15) is 0 Å². The summed E-state index contributed by atoms with van der Waals surface area (Å²) >= 11 is 2.36. The van der Waals surface area contributed by atoms with E-state index in [0.29, 0.717) is 12.1 Å². The SMILES string of the molecule is CCC(C)C1CN(c2ccc(I)cc2)C(C)CN1. The number of halogens is 1. The van der Waals surface area contributed by atoms with Gasteiger partial charge >= 0.3 is 0 Å². The summed E-state index contributed by atoms with van der Waals surface area (Å²) < 4.78 is 1.30. The van der Waals surface area contributed by atoms with Crippen LogP contribution < -0.4 is 10.2 Å². The summed E-state index contributed by atoms with van der Waals surface area (Å²) in [7, 11) is 0. The van der Waals surface area contributed by atoms with Crippen molar-refractivity contribution in [2.75, 3.05) is 18.0 Å². The number of anilines is 1. The van der Waals surface area contributed by atoms with E-state index in [1.54, 1.807) is 0 Å². The lowest BCUT2D eigenvalue weighted by atomic mass is 9.95. The van der Waals surface area contributed by atoms with Crippen molar-refractivity contribution >= 4 is 28.3 Å². The van der Waals surface area contributed by atoms with Crippen molar-refractivity contribution in [3.8, 4) is 0 Å². The van der Waals surface area contributed by atoms with Gasteiger partial charge in [-0.1, -0.05) is 20.3 Å². The van der Waals surface area contributed by atoms with Gasteiger partial charge in [0.1, 0.15) is 0 Å². The first-order valence-corrected chi connectivity index (χ1v) is 7.95. The molecule has 1 aliphatic rings. The van der Waals surface area contributed by atoms with Crippen molar-refractivity contribution < 1.29 is 0 Å². The second-order valence-electron chi connectivity index (χ2n) is 5.38. The molecule has 1 fully saturated rings. The van der Waals surface area contributed by atoms with E-state index in [2.05, 4.69) is 77.8 Å². The highest BCUT2D eigenvalue weighted by molar-refractivity contribution is 14.1. The number of nitrogens with one attached hydrogen (secondary N) is 1. The van der Waals surface area contributed by atoms with Gasteiger partial charge in [0.05, 0.1) is 0 Å². The molecule has 1 N–H and O–H groups in total. The predicted molar refractivity (Wildman–Crippen MR) is 87.2 cm³/mol. The highest BCUT2D eigenvalue weighted by atomic mass is 127. The van der Waals surface area contributed by atoms with Gasteiger partial charge < -0.3 is 10.2 Å². The first-order valence-electron chi connectivity index (χ1n) is 6.87. The van der Waals surface area contributed by atoms with Gasteiger partial charge in [-0.15, -0.1) is 0 Å². The Bertz CT molecular complexity index is 377. The Morgan fingerprint density at radius 1 is 1.39 bits per heavy atom. The quantitative estimate of drug-likeness (QED) is 0.832. The van der Waals surface area contributed by atoms with Gasteiger partial charge in [0, 0.05) is 34.4 Å². The van der Waals surface area contributed by atoms with Gasteiger partial charge in [0.15, 0.2) is 0 Å². The van der Waals surface area contributed by atoms with Crippen LogP contribution in [0.3, 0.4) is 0 Å². The van der Waals surface area contributed by atoms with E-state index in [1.165, 1.54) is 15.7 Å². The van der Waals surface area contributed by atoms with Crippen LogP contribution in [-0.2, 0) is 0 Å². The van der Waals surface area contributed by atoms with E-state index in [4.69, 9.17) is 0 Å². The maximum absolute atomic E-state index is 3.69. The van der Waals surface area contributed by atoms with E-state index >= 15 is 0 Å². The van der Waals surface area contributed by atoms with Gasteiger partial charge in [0.25, 0.3) is 0 Å². The Kier molecular flexibility index (Phi) is 4.90. The lowest BCUT2D eigenvalue weighted by Crippen LogP contribution is -2.57. The number of hydrogen-bond acceptors (Lipinski definition) is 2. The van der Waals surface area contributed by atoms with Gasteiger partial charge in [-0.25, -0.2) is 0 Å². The number of piperazine rings is 1. The third kappa shape index (κ3) is 3.18. The average molecular weight is 358 g/mol. The monoisotopic (exact) mass is 358 g/mol. The third-order valence-electron chi connectivity index (χ3n) is 4.09. The van der Waals surface area contributed by atoms with Crippen LogP contribution in [0, 0.1) is 9.49 Å². The minimum Gasteiger partial charge on any atom is -0.366 e. The molecule has 3 heteroatoms. The lowest BCUT2D eigenvalue weighted by molar-refractivity contribution is 0.316. The summed E-state index contributed by atoms with van der Waals surface area (Å²) in [5.41, 5.74) is 1.36. The van der Waals surface area contributed by atoms with Gasteiger partial charge in [-0.3, -0.25) is 0 Å². The van der Waals surface area contributed by atoms with Crippen LogP contribution in [0.25, 0.3) is 0 Å². The first kappa shape index (κ1) is 14.1. The number of benzene rings is 1. The molecule has 2 nitrogen and oxygen atoms in total. The molecule has 1 aromatic carbocycles. The third-order valence-corrected chi connectivity index (χ3v) is 4.81. The molecule has 3 atom stereocenters. The molecule has 0 aromatic heterocycles. The molecule has 1 aliphatic heterocycles. The van der Waals surface area contributed by atoms with E-state index < -0.39 is 0 Å². The molecule has 0 saturated carbocycles. The highest BCUT2D eigenvalue weighted by Gasteiger charge is 2.27. The Labute approximate surface area is 124 Å². The van der Waals surface area contributed by atoms with Crippen molar-refractivity contribution in [2.24, 2.45) is 5.92 Å². The van der Waals surface area contributed by atoms with E-state index in [1.807, 2.05) is 0 Å². The molecule has 100 valence electrons. The maximum Gasteiger partial charge on any atom is 0.0387 e. The molecular formula is C15H23IN2. The van der Waals surface area contributed by atoms with Crippen LogP contribution in [-0.4, -0.2) is 25.2 Å². The summed E-state index contributed by atoms with van der Waals surface area (Å²) in [6, 6.07) is 10.1. The average Bonchev–Trinajstić information content (AvgIpc) is 2.39. The minimum absolute atomic E-state index is 0.574. The zero-order valence-corrected chi connectivity index (χ0v) is 13.6. The van der Waals surface area contributed by atoms with E-state index in [9.17, 15) is 0 Å². The summed E-state index contributed by atoms with van der Waals surface area (Å²) in [6.07, 6.45) is 1.24. The molecule has 3 unspecified atom stereocenters. The molecule has 0 aliphatic carbocycles. The molecule has 0 bridgehead atoms. The van der Waals surface area contributed by atoms with Crippen LogP contribution in [0.15, 0.2) is 24.3 Å². The minimum atomic E-state index is 0.574. The molecule has 1 heterocycles. The molecule has 1 saturated heterocycles. The Balaban J connectivity index is 2.12. The summed E-state index contributed by atoms with van der Waals surface area (Å²) in [6.45, 7) is 9.13. The fraction of sp³-hybridized carbons (Fsp3) is 0.600. The zero-order valence-electron chi connectivity index (χ0n) is 11.5. The van der Waals surface area contributed by atoms with Gasteiger partial charge in [-0.05, 0) is 59.7 Å². The van der Waals surface area contributed by atoms with Crippen LogP contribution in [0.2, 0.25) is 0 Å². The molecule has 18 heavy (non-hydrogen) atoms. The summed E-state index contributed by atoms with van der Waals surface area (Å²) in [4.78, 5) is 2.55. The van der Waals surface area contributed by atoms with Crippen molar-refractivity contribution in [1.82, 2.24) is 5.32 Å². The standard InChI is InChI=1S/C15H23IN2/c1-4-11(2)15-10-18(12(3)9-17-15)14-7-5-13(16)6-8-14/h5-8,11-12,15,17H,4,9-10H2,1-3H3. The predicted octanol–water partition coefficient (Wildman–Crippen LogP) is 3.50. The number of hydrogen-bond donors (Lipinski definition) is 1. The van der Waals surface area contributed by atoms with Gasteiger partial charge in [0.2, 0.25) is 0 Å². The normalized spacial score (nSPS) is 26.1. The zero-order chi connectivity index (χ0) is 13.1. The topological polar surface area (TPSA) is 15.3 Å². The Morgan fingerprint density at radius 2 is 2.06 bits per heavy atom. The van der Waals surface area contributed by atoms with E-state index in [0.717, 1.165) is 19.0 Å².